The molecule has 21 heavy (non-hydrogen) atoms. The highest BCUT2D eigenvalue weighted by atomic mass is 16.6. The van der Waals surface area contributed by atoms with Gasteiger partial charge in [-0.3, -0.25) is 4.79 Å². The lowest BCUT2D eigenvalue weighted by molar-refractivity contribution is -0.149. The van der Waals surface area contributed by atoms with Gasteiger partial charge in [0.15, 0.2) is 6.10 Å². The quantitative estimate of drug-likeness (QED) is 0.927. The summed E-state index contributed by atoms with van der Waals surface area (Å²) in [6.45, 7) is 9.57. The topological polar surface area (TPSA) is 60.7 Å². The van der Waals surface area contributed by atoms with Crippen LogP contribution in [0.4, 0.5) is 0 Å². The molecule has 1 aliphatic heterocycles. The maximum absolute atomic E-state index is 12.3. The first-order valence-electron chi connectivity index (χ1n) is 7.50. The van der Waals surface area contributed by atoms with Crippen LogP contribution in [0, 0.1) is 5.41 Å². The molecule has 1 fully saturated rings. The molecular weight excluding hydrogens is 270 g/mol. The van der Waals surface area contributed by atoms with Gasteiger partial charge in [0.1, 0.15) is 11.5 Å². The van der Waals surface area contributed by atoms with Crippen molar-refractivity contribution in [2.45, 2.75) is 46.3 Å². The molecule has 0 unspecified atom stereocenters. The highest BCUT2D eigenvalue weighted by Crippen LogP contribution is 2.34. The van der Waals surface area contributed by atoms with Gasteiger partial charge in [0, 0.05) is 6.42 Å². The predicted octanol–water partition coefficient (Wildman–Crippen LogP) is 2.46. The Morgan fingerprint density at radius 3 is 2.67 bits per heavy atom. The molecule has 0 radical (unpaired) electrons. The third-order valence-corrected chi connectivity index (χ3v) is 3.58. The summed E-state index contributed by atoms with van der Waals surface area (Å²) in [6.07, 6.45) is 0.300. The Labute approximate surface area is 126 Å². The lowest BCUT2D eigenvalue weighted by Gasteiger charge is -2.32. The van der Waals surface area contributed by atoms with Crippen molar-refractivity contribution in [1.29, 1.82) is 0 Å². The van der Waals surface area contributed by atoms with Crippen molar-refractivity contribution >= 4 is 5.91 Å². The Balaban J connectivity index is 2.11. The standard InChI is InChI=1S/C16H25NO4/c1-5-11-6-7-12(21-11)14(16(2,3)4)17-15(18)13-10-19-8-9-20-13/h6-7,13-14H,5,8-10H2,1-4H3,(H,17,18)/t13-,14+/m1/s1. The highest BCUT2D eigenvalue weighted by Gasteiger charge is 2.33. The van der Waals surface area contributed by atoms with Gasteiger partial charge in [-0.15, -0.1) is 0 Å². The SMILES string of the molecule is CCc1ccc([C@H](NC(=O)[C@H]2COCCO2)C(C)(C)C)o1. The van der Waals surface area contributed by atoms with E-state index in [4.69, 9.17) is 13.9 Å². The third kappa shape index (κ3) is 4.08. The van der Waals surface area contributed by atoms with Crippen LogP contribution < -0.4 is 5.32 Å². The summed E-state index contributed by atoms with van der Waals surface area (Å²) in [7, 11) is 0. The first-order valence-corrected chi connectivity index (χ1v) is 7.50. The second-order valence-corrected chi connectivity index (χ2v) is 6.40. The van der Waals surface area contributed by atoms with Crippen LogP contribution in [-0.4, -0.2) is 31.8 Å². The Morgan fingerprint density at radius 2 is 2.14 bits per heavy atom. The van der Waals surface area contributed by atoms with E-state index < -0.39 is 6.10 Å². The van der Waals surface area contributed by atoms with Crippen molar-refractivity contribution in [3.63, 3.8) is 0 Å². The van der Waals surface area contributed by atoms with Gasteiger partial charge in [0.25, 0.3) is 5.91 Å². The van der Waals surface area contributed by atoms with Crippen LogP contribution in [0.5, 0.6) is 0 Å². The van der Waals surface area contributed by atoms with E-state index in [1.165, 1.54) is 0 Å². The van der Waals surface area contributed by atoms with E-state index in [0.29, 0.717) is 19.8 Å². The molecule has 1 saturated heterocycles. The smallest absolute Gasteiger partial charge is 0.252 e. The molecular formula is C16H25NO4. The number of nitrogens with one attached hydrogen (secondary N) is 1. The number of aryl methyl sites for hydroxylation is 1. The Hall–Kier alpha value is -1.33. The van der Waals surface area contributed by atoms with E-state index in [9.17, 15) is 4.79 Å². The Morgan fingerprint density at radius 1 is 1.38 bits per heavy atom. The zero-order valence-corrected chi connectivity index (χ0v) is 13.3. The predicted molar refractivity (Wildman–Crippen MR) is 79.0 cm³/mol. The van der Waals surface area contributed by atoms with Crippen molar-refractivity contribution < 1.29 is 18.7 Å². The van der Waals surface area contributed by atoms with E-state index in [-0.39, 0.29) is 17.4 Å². The van der Waals surface area contributed by atoms with Crippen molar-refractivity contribution in [2.24, 2.45) is 5.41 Å². The number of hydrogen-bond acceptors (Lipinski definition) is 4. The van der Waals surface area contributed by atoms with E-state index in [0.717, 1.165) is 17.9 Å². The number of amides is 1. The monoisotopic (exact) mass is 295 g/mol. The first kappa shape index (κ1) is 16.0. The van der Waals surface area contributed by atoms with Crippen molar-refractivity contribution in [1.82, 2.24) is 5.32 Å². The number of rotatable bonds is 4. The summed E-state index contributed by atoms with van der Waals surface area (Å²) in [6, 6.07) is 3.70. The minimum atomic E-state index is -0.538. The number of hydrogen-bond donors (Lipinski definition) is 1. The van der Waals surface area contributed by atoms with Gasteiger partial charge < -0.3 is 19.2 Å². The summed E-state index contributed by atoms with van der Waals surface area (Å²) < 4.78 is 16.6. The summed E-state index contributed by atoms with van der Waals surface area (Å²) in [5.41, 5.74) is -0.159. The second-order valence-electron chi connectivity index (χ2n) is 6.40. The van der Waals surface area contributed by atoms with Gasteiger partial charge in [-0.2, -0.15) is 0 Å². The molecule has 0 aromatic carbocycles. The molecule has 1 aliphatic rings. The maximum Gasteiger partial charge on any atom is 0.252 e. The largest absolute Gasteiger partial charge is 0.464 e. The molecule has 118 valence electrons. The van der Waals surface area contributed by atoms with Crippen LogP contribution in [0.25, 0.3) is 0 Å². The fraction of sp³-hybridized carbons (Fsp3) is 0.688. The molecule has 0 saturated carbocycles. The van der Waals surface area contributed by atoms with Crippen LogP contribution in [0.15, 0.2) is 16.5 Å². The molecule has 5 heteroatoms. The molecule has 2 heterocycles. The maximum atomic E-state index is 12.3. The van der Waals surface area contributed by atoms with Gasteiger partial charge in [0.2, 0.25) is 0 Å². The Bertz CT molecular complexity index is 469. The third-order valence-electron chi connectivity index (χ3n) is 3.58. The summed E-state index contributed by atoms with van der Waals surface area (Å²) >= 11 is 0. The molecule has 1 aromatic rings. The molecule has 2 rings (SSSR count). The lowest BCUT2D eigenvalue weighted by Crippen LogP contribution is -2.46. The van der Waals surface area contributed by atoms with Crippen LogP contribution >= 0.6 is 0 Å². The average molecular weight is 295 g/mol. The van der Waals surface area contributed by atoms with E-state index in [1.54, 1.807) is 0 Å². The van der Waals surface area contributed by atoms with Crippen molar-refractivity contribution in [3.8, 4) is 0 Å². The number of carbonyl (C=O) groups excluding carboxylic acids is 1. The highest BCUT2D eigenvalue weighted by molar-refractivity contribution is 5.81. The fourth-order valence-electron chi connectivity index (χ4n) is 2.33. The van der Waals surface area contributed by atoms with Gasteiger partial charge >= 0.3 is 0 Å². The molecule has 0 spiro atoms. The van der Waals surface area contributed by atoms with Crippen LogP contribution in [0.1, 0.15) is 45.3 Å². The van der Waals surface area contributed by atoms with Crippen LogP contribution in [0.3, 0.4) is 0 Å². The molecule has 1 amide bonds. The van der Waals surface area contributed by atoms with Gasteiger partial charge in [-0.25, -0.2) is 0 Å². The second kappa shape index (κ2) is 6.62. The van der Waals surface area contributed by atoms with Gasteiger partial charge in [-0.1, -0.05) is 27.7 Å². The molecule has 1 aromatic heterocycles. The number of carbonyl (C=O) groups is 1. The van der Waals surface area contributed by atoms with Crippen molar-refractivity contribution in [3.05, 3.63) is 23.7 Å². The average Bonchev–Trinajstić information content (AvgIpc) is 2.92. The number of ether oxygens (including phenoxy) is 2. The van der Waals surface area contributed by atoms with Gasteiger partial charge in [0.05, 0.1) is 25.9 Å². The first-order chi connectivity index (χ1) is 9.91. The van der Waals surface area contributed by atoms with Crippen molar-refractivity contribution in [2.75, 3.05) is 19.8 Å². The zero-order chi connectivity index (χ0) is 15.5. The van der Waals surface area contributed by atoms with Crippen LogP contribution in [0.2, 0.25) is 0 Å². The summed E-state index contributed by atoms with van der Waals surface area (Å²) in [5.74, 6) is 1.55. The minimum Gasteiger partial charge on any atom is -0.464 e. The van der Waals surface area contributed by atoms with Crippen LogP contribution in [-0.2, 0) is 20.7 Å². The lowest BCUT2D eigenvalue weighted by atomic mass is 9.85. The molecule has 0 aliphatic carbocycles. The summed E-state index contributed by atoms with van der Waals surface area (Å²) in [4.78, 5) is 12.3. The zero-order valence-electron chi connectivity index (χ0n) is 13.3. The normalized spacial score (nSPS) is 21.0. The van der Waals surface area contributed by atoms with Gasteiger partial charge in [-0.05, 0) is 17.5 Å². The summed E-state index contributed by atoms with van der Waals surface area (Å²) in [5, 5.41) is 3.04. The minimum absolute atomic E-state index is 0.149. The molecule has 2 atom stereocenters. The molecule has 5 nitrogen and oxygen atoms in total. The Kier molecular flexibility index (Phi) is 5.06. The van der Waals surface area contributed by atoms with E-state index >= 15 is 0 Å². The number of furan rings is 1. The van der Waals surface area contributed by atoms with E-state index in [2.05, 4.69) is 26.1 Å². The van der Waals surface area contributed by atoms with E-state index in [1.807, 2.05) is 19.1 Å². The fourth-order valence-corrected chi connectivity index (χ4v) is 2.33. The molecule has 1 N–H and O–H groups in total. The molecule has 0 bridgehead atoms.